The van der Waals surface area contributed by atoms with Gasteiger partial charge in [-0.3, -0.25) is 0 Å². The van der Waals surface area contributed by atoms with Gasteiger partial charge in [0.05, 0.1) is 0 Å². The van der Waals surface area contributed by atoms with Gasteiger partial charge in [-0.15, -0.1) is 0 Å². The summed E-state index contributed by atoms with van der Waals surface area (Å²) < 4.78 is 0. The molecule has 0 saturated carbocycles. The summed E-state index contributed by atoms with van der Waals surface area (Å²) in [7, 11) is 0. The Hall–Kier alpha value is -1.60. The zero-order chi connectivity index (χ0) is 11.4. The smallest absolute Gasteiger partial charge is 0.0471 e. The van der Waals surface area contributed by atoms with Gasteiger partial charge in [0.25, 0.3) is 0 Å². The van der Waals surface area contributed by atoms with Crippen molar-refractivity contribution in [1.82, 2.24) is 0 Å². The third-order valence-corrected chi connectivity index (χ3v) is 2.78. The van der Waals surface area contributed by atoms with Crippen molar-refractivity contribution in [2.24, 2.45) is 0 Å². The summed E-state index contributed by atoms with van der Waals surface area (Å²) in [5.74, 6) is 0. The van der Waals surface area contributed by atoms with Gasteiger partial charge >= 0.3 is 0 Å². The molecule has 0 aliphatic carbocycles. The maximum atomic E-state index is 8.94. The summed E-state index contributed by atoms with van der Waals surface area (Å²) in [5, 5.41) is 8.94. The molecule has 1 N–H and O–H groups in total. The fourth-order valence-electron chi connectivity index (χ4n) is 1.92. The SMILES string of the molecule is Cc1ccccc1-c1cccc(CCO)c1. The summed E-state index contributed by atoms with van der Waals surface area (Å²) in [4.78, 5) is 0. The van der Waals surface area contributed by atoms with E-state index >= 15 is 0 Å². The monoisotopic (exact) mass is 212 g/mol. The van der Waals surface area contributed by atoms with E-state index in [9.17, 15) is 0 Å². The first-order chi connectivity index (χ1) is 7.81. The first kappa shape index (κ1) is 10.9. The molecule has 0 unspecified atom stereocenters. The van der Waals surface area contributed by atoms with Crippen LogP contribution in [0.5, 0.6) is 0 Å². The van der Waals surface area contributed by atoms with Crippen molar-refractivity contribution in [3.8, 4) is 11.1 Å². The molecule has 0 heterocycles. The third kappa shape index (κ3) is 2.31. The van der Waals surface area contributed by atoms with Gasteiger partial charge in [-0.05, 0) is 35.6 Å². The second-order valence-electron chi connectivity index (χ2n) is 3.99. The standard InChI is InChI=1S/C15H16O/c1-12-5-2-3-8-15(12)14-7-4-6-13(11-14)9-10-16/h2-8,11,16H,9-10H2,1H3. The Kier molecular flexibility index (Phi) is 3.37. The quantitative estimate of drug-likeness (QED) is 0.828. The van der Waals surface area contributed by atoms with E-state index < -0.39 is 0 Å². The summed E-state index contributed by atoms with van der Waals surface area (Å²) >= 11 is 0. The molecule has 0 saturated heterocycles. The Bertz CT molecular complexity index is 474. The lowest BCUT2D eigenvalue weighted by atomic mass is 9.98. The van der Waals surface area contributed by atoms with Crippen LogP contribution >= 0.6 is 0 Å². The van der Waals surface area contributed by atoms with Gasteiger partial charge < -0.3 is 5.11 Å². The fourth-order valence-corrected chi connectivity index (χ4v) is 1.92. The molecule has 0 aliphatic rings. The van der Waals surface area contributed by atoms with Crippen LogP contribution < -0.4 is 0 Å². The van der Waals surface area contributed by atoms with Crippen molar-refractivity contribution >= 4 is 0 Å². The molecule has 0 spiro atoms. The van der Waals surface area contributed by atoms with Crippen LogP contribution in [0.1, 0.15) is 11.1 Å². The fraction of sp³-hybridized carbons (Fsp3) is 0.200. The van der Waals surface area contributed by atoms with Crippen molar-refractivity contribution in [1.29, 1.82) is 0 Å². The molecule has 0 fully saturated rings. The van der Waals surface area contributed by atoms with E-state index in [0.717, 1.165) is 6.42 Å². The summed E-state index contributed by atoms with van der Waals surface area (Å²) in [6.07, 6.45) is 0.722. The van der Waals surface area contributed by atoms with Crippen molar-refractivity contribution in [3.63, 3.8) is 0 Å². The predicted molar refractivity (Wildman–Crippen MR) is 67.4 cm³/mol. The highest BCUT2D eigenvalue weighted by Gasteiger charge is 2.01. The zero-order valence-electron chi connectivity index (χ0n) is 9.48. The minimum Gasteiger partial charge on any atom is -0.396 e. The molecule has 0 bridgehead atoms. The molecule has 16 heavy (non-hydrogen) atoms. The molecule has 1 nitrogen and oxygen atoms in total. The topological polar surface area (TPSA) is 20.2 Å². The zero-order valence-corrected chi connectivity index (χ0v) is 9.48. The maximum Gasteiger partial charge on any atom is 0.0471 e. The predicted octanol–water partition coefficient (Wildman–Crippen LogP) is 3.20. The van der Waals surface area contributed by atoms with Gasteiger partial charge in [0.15, 0.2) is 0 Å². The van der Waals surface area contributed by atoms with E-state index in [-0.39, 0.29) is 6.61 Å². The highest BCUT2D eigenvalue weighted by Crippen LogP contribution is 2.23. The molecular formula is C15H16O. The number of rotatable bonds is 3. The van der Waals surface area contributed by atoms with Gasteiger partial charge in [-0.2, -0.15) is 0 Å². The first-order valence-electron chi connectivity index (χ1n) is 5.57. The number of benzene rings is 2. The normalized spacial score (nSPS) is 10.4. The molecule has 0 amide bonds. The van der Waals surface area contributed by atoms with Crippen LogP contribution in [0.2, 0.25) is 0 Å². The van der Waals surface area contributed by atoms with Crippen molar-refractivity contribution in [3.05, 3.63) is 59.7 Å². The number of hydrogen-bond donors (Lipinski definition) is 1. The van der Waals surface area contributed by atoms with Crippen LogP contribution in [-0.2, 0) is 6.42 Å². The molecular weight excluding hydrogens is 196 g/mol. The molecule has 82 valence electrons. The van der Waals surface area contributed by atoms with E-state index in [0.29, 0.717) is 0 Å². The van der Waals surface area contributed by atoms with Crippen LogP contribution in [0.15, 0.2) is 48.5 Å². The molecule has 0 aromatic heterocycles. The maximum absolute atomic E-state index is 8.94. The van der Waals surface area contributed by atoms with Gasteiger partial charge in [0, 0.05) is 6.61 Å². The van der Waals surface area contributed by atoms with Crippen molar-refractivity contribution in [2.45, 2.75) is 13.3 Å². The number of aliphatic hydroxyl groups excluding tert-OH is 1. The van der Waals surface area contributed by atoms with Crippen molar-refractivity contribution in [2.75, 3.05) is 6.61 Å². The minimum absolute atomic E-state index is 0.206. The molecule has 1 heteroatoms. The van der Waals surface area contributed by atoms with Crippen LogP contribution in [-0.4, -0.2) is 11.7 Å². The Morgan fingerprint density at radius 3 is 2.56 bits per heavy atom. The van der Waals surface area contributed by atoms with Gasteiger partial charge in [-0.25, -0.2) is 0 Å². The second-order valence-corrected chi connectivity index (χ2v) is 3.99. The van der Waals surface area contributed by atoms with E-state index in [1.165, 1.54) is 22.3 Å². The summed E-state index contributed by atoms with van der Waals surface area (Å²) in [6, 6.07) is 16.7. The molecule has 0 atom stereocenters. The Balaban J connectivity index is 2.40. The first-order valence-corrected chi connectivity index (χ1v) is 5.57. The number of aliphatic hydroxyl groups is 1. The van der Waals surface area contributed by atoms with E-state index in [2.05, 4.69) is 49.4 Å². The third-order valence-electron chi connectivity index (χ3n) is 2.78. The van der Waals surface area contributed by atoms with Crippen molar-refractivity contribution < 1.29 is 5.11 Å². The second kappa shape index (κ2) is 4.95. The highest BCUT2D eigenvalue weighted by molar-refractivity contribution is 5.67. The lowest BCUT2D eigenvalue weighted by Gasteiger charge is -2.07. The van der Waals surface area contributed by atoms with Crippen LogP contribution in [0.4, 0.5) is 0 Å². The van der Waals surface area contributed by atoms with Gasteiger partial charge in [0.1, 0.15) is 0 Å². The lowest BCUT2D eigenvalue weighted by molar-refractivity contribution is 0.299. The summed E-state index contributed by atoms with van der Waals surface area (Å²) in [6.45, 7) is 2.32. The van der Waals surface area contributed by atoms with Crippen LogP contribution in [0.3, 0.4) is 0 Å². The minimum atomic E-state index is 0.206. The molecule has 0 aliphatic heterocycles. The van der Waals surface area contributed by atoms with Crippen LogP contribution in [0, 0.1) is 6.92 Å². The molecule has 2 rings (SSSR count). The summed E-state index contributed by atoms with van der Waals surface area (Å²) in [5.41, 5.74) is 4.96. The molecule has 2 aromatic rings. The molecule has 0 radical (unpaired) electrons. The average Bonchev–Trinajstić information content (AvgIpc) is 2.30. The van der Waals surface area contributed by atoms with E-state index in [1.54, 1.807) is 0 Å². The average molecular weight is 212 g/mol. The van der Waals surface area contributed by atoms with Crippen LogP contribution in [0.25, 0.3) is 11.1 Å². The van der Waals surface area contributed by atoms with Gasteiger partial charge in [0.2, 0.25) is 0 Å². The largest absolute Gasteiger partial charge is 0.396 e. The Morgan fingerprint density at radius 2 is 1.81 bits per heavy atom. The van der Waals surface area contributed by atoms with E-state index in [1.807, 2.05) is 6.07 Å². The Morgan fingerprint density at radius 1 is 1.00 bits per heavy atom. The van der Waals surface area contributed by atoms with Gasteiger partial charge in [-0.1, -0.05) is 48.5 Å². The lowest BCUT2D eigenvalue weighted by Crippen LogP contribution is -1.91. The Labute approximate surface area is 96.4 Å². The molecule has 2 aromatic carbocycles. The number of aryl methyl sites for hydroxylation is 1. The highest BCUT2D eigenvalue weighted by atomic mass is 16.2. The van der Waals surface area contributed by atoms with E-state index in [4.69, 9.17) is 5.11 Å². The number of hydrogen-bond acceptors (Lipinski definition) is 1.